The lowest BCUT2D eigenvalue weighted by Gasteiger charge is -2.25. The summed E-state index contributed by atoms with van der Waals surface area (Å²) in [6.07, 6.45) is 10.4. The second-order valence-corrected chi connectivity index (χ2v) is 8.75. The molecule has 0 saturated carbocycles. The molecule has 1 aliphatic heterocycles. The minimum Gasteiger partial charge on any atom is -0.354 e. The molecular formula is C27H29N7O. The maximum absolute atomic E-state index is 13.0. The number of likely N-dealkylation sites (tertiary alicyclic amines) is 1. The summed E-state index contributed by atoms with van der Waals surface area (Å²) in [5.41, 5.74) is 5.30. The number of rotatable bonds is 6. The van der Waals surface area contributed by atoms with Crippen LogP contribution in [0.3, 0.4) is 0 Å². The molecule has 1 aliphatic rings. The van der Waals surface area contributed by atoms with Crippen molar-refractivity contribution in [3.63, 3.8) is 0 Å². The van der Waals surface area contributed by atoms with Crippen molar-refractivity contribution in [1.29, 1.82) is 5.41 Å². The molecule has 8 nitrogen and oxygen atoms in total. The molecule has 0 aliphatic carbocycles. The zero-order chi connectivity index (χ0) is 24.9. The highest BCUT2D eigenvalue weighted by atomic mass is 16.2. The number of nitrogens with one attached hydrogen (secondary N) is 4. The largest absolute Gasteiger partial charge is 0.354 e. The SMILES string of the molecule is C#C[C@@H]1[C@@H](NC(=O)Nc2cc(C=N)c(Nc3ccnc(C)c3)cn2)[C@H](c2ccccc2C)CN1C. The molecule has 2 aromatic heterocycles. The molecule has 4 N–H and O–H groups in total. The van der Waals surface area contributed by atoms with Gasteiger partial charge in [-0.05, 0) is 50.2 Å². The molecule has 1 fully saturated rings. The van der Waals surface area contributed by atoms with Gasteiger partial charge < -0.3 is 16.0 Å². The van der Waals surface area contributed by atoms with E-state index in [0.717, 1.165) is 17.9 Å². The summed E-state index contributed by atoms with van der Waals surface area (Å²) in [5, 5.41) is 16.9. The topological polar surface area (TPSA) is 106 Å². The number of carbonyl (C=O) groups excluding carboxylic acids is 1. The fourth-order valence-corrected chi connectivity index (χ4v) is 4.58. The monoisotopic (exact) mass is 467 g/mol. The maximum atomic E-state index is 13.0. The van der Waals surface area contributed by atoms with Crippen molar-refractivity contribution >= 4 is 29.4 Å². The normalized spacial score (nSPS) is 19.5. The molecule has 1 aromatic carbocycles. The van der Waals surface area contributed by atoms with Crippen LogP contribution < -0.4 is 16.0 Å². The molecule has 4 rings (SSSR count). The number of amides is 2. The highest BCUT2D eigenvalue weighted by Crippen LogP contribution is 2.33. The molecule has 3 atom stereocenters. The third-order valence-electron chi connectivity index (χ3n) is 6.30. The van der Waals surface area contributed by atoms with E-state index in [1.165, 1.54) is 17.3 Å². The highest BCUT2D eigenvalue weighted by molar-refractivity contribution is 5.92. The number of pyridine rings is 2. The quantitative estimate of drug-likeness (QED) is 0.323. The van der Waals surface area contributed by atoms with Crippen LogP contribution in [0, 0.1) is 31.6 Å². The van der Waals surface area contributed by atoms with Crippen LogP contribution in [-0.2, 0) is 0 Å². The van der Waals surface area contributed by atoms with E-state index < -0.39 is 6.03 Å². The van der Waals surface area contributed by atoms with Crippen molar-refractivity contribution < 1.29 is 4.79 Å². The Morgan fingerprint density at radius 3 is 2.74 bits per heavy atom. The third-order valence-corrected chi connectivity index (χ3v) is 6.30. The van der Waals surface area contributed by atoms with Crippen LogP contribution in [0.2, 0.25) is 0 Å². The van der Waals surface area contributed by atoms with Gasteiger partial charge in [-0.2, -0.15) is 0 Å². The molecule has 3 aromatic rings. The van der Waals surface area contributed by atoms with Gasteiger partial charge in [-0.25, -0.2) is 9.78 Å². The maximum Gasteiger partial charge on any atom is 0.320 e. The van der Waals surface area contributed by atoms with E-state index in [9.17, 15) is 4.79 Å². The van der Waals surface area contributed by atoms with Crippen LogP contribution in [-0.4, -0.2) is 52.8 Å². The molecule has 35 heavy (non-hydrogen) atoms. The first-order chi connectivity index (χ1) is 16.9. The van der Waals surface area contributed by atoms with E-state index in [1.54, 1.807) is 18.5 Å². The Hall–Kier alpha value is -4.22. The number of aryl methyl sites for hydroxylation is 2. The van der Waals surface area contributed by atoms with Crippen molar-refractivity contribution in [3.05, 3.63) is 77.2 Å². The van der Waals surface area contributed by atoms with Gasteiger partial charge in [-0.15, -0.1) is 6.42 Å². The van der Waals surface area contributed by atoms with Gasteiger partial charge in [-0.1, -0.05) is 30.2 Å². The molecule has 2 amide bonds. The first-order valence-electron chi connectivity index (χ1n) is 11.4. The van der Waals surface area contributed by atoms with E-state index in [2.05, 4.69) is 55.8 Å². The second-order valence-electron chi connectivity index (χ2n) is 8.75. The molecule has 0 radical (unpaired) electrons. The van der Waals surface area contributed by atoms with E-state index in [-0.39, 0.29) is 18.0 Å². The Balaban J connectivity index is 1.50. The molecule has 8 heteroatoms. The van der Waals surface area contributed by atoms with Gasteiger partial charge in [-0.3, -0.25) is 15.2 Å². The van der Waals surface area contributed by atoms with Gasteiger partial charge in [0.05, 0.1) is 24.0 Å². The van der Waals surface area contributed by atoms with Crippen molar-refractivity contribution in [1.82, 2.24) is 20.2 Å². The van der Waals surface area contributed by atoms with Crippen molar-refractivity contribution in [3.8, 4) is 12.3 Å². The predicted molar refractivity (Wildman–Crippen MR) is 139 cm³/mol. The fraction of sp³-hybridized carbons (Fsp3) is 0.259. The summed E-state index contributed by atoms with van der Waals surface area (Å²) in [6.45, 7) is 4.72. The zero-order valence-corrected chi connectivity index (χ0v) is 20.0. The van der Waals surface area contributed by atoms with Crippen LogP contribution in [0.15, 0.2) is 54.9 Å². The lowest BCUT2D eigenvalue weighted by Crippen LogP contribution is -2.47. The number of anilines is 3. The van der Waals surface area contributed by atoms with Gasteiger partial charge in [0.15, 0.2) is 0 Å². The summed E-state index contributed by atoms with van der Waals surface area (Å²) < 4.78 is 0. The first kappa shape index (κ1) is 23.9. The van der Waals surface area contributed by atoms with E-state index in [4.69, 9.17) is 11.8 Å². The zero-order valence-electron chi connectivity index (χ0n) is 20.0. The van der Waals surface area contributed by atoms with Crippen molar-refractivity contribution in [2.24, 2.45) is 0 Å². The summed E-state index contributed by atoms with van der Waals surface area (Å²) >= 11 is 0. The summed E-state index contributed by atoms with van der Waals surface area (Å²) in [5.74, 6) is 3.23. The predicted octanol–water partition coefficient (Wildman–Crippen LogP) is 4.06. The van der Waals surface area contributed by atoms with Gasteiger partial charge >= 0.3 is 6.03 Å². The molecule has 0 unspecified atom stereocenters. The number of terminal acetylenes is 1. The smallest absolute Gasteiger partial charge is 0.320 e. The fourth-order valence-electron chi connectivity index (χ4n) is 4.58. The lowest BCUT2D eigenvalue weighted by molar-refractivity contribution is 0.245. The molecule has 0 bridgehead atoms. The first-order valence-corrected chi connectivity index (χ1v) is 11.4. The molecule has 178 valence electrons. The standard InChI is InChI=1S/C27H29N7O/c1-5-24-26(22(16-34(24)4)21-9-7-6-8-17(21)2)33-27(35)32-25-13-19(14-28)23(15-30-25)31-20-10-11-29-18(3)12-20/h1,6-15,22,24,26,28H,16H2,2-4H3,(H,29,31)(H2,30,32,33,35)/t22-,24+,26-/m0/s1. The van der Waals surface area contributed by atoms with Crippen LogP contribution in [0.25, 0.3) is 0 Å². The average molecular weight is 468 g/mol. The number of carbonyl (C=O) groups is 1. The van der Waals surface area contributed by atoms with Crippen molar-refractivity contribution in [2.45, 2.75) is 31.8 Å². The lowest BCUT2D eigenvalue weighted by atomic mass is 9.88. The highest BCUT2D eigenvalue weighted by Gasteiger charge is 2.41. The Bertz CT molecular complexity index is 1280. The Kier molecular flexibility index (Phi) is 7.09. The van der Waals surface area contributed by atoms with Gasteiger partial charge in [0.2, 0.25) is 0 Å². The van der Waals surface area contributed by atoms with Gasteiger partial charge in [0.25, 0.3) is 0 Å². The number of hydrogen-bond acceptors (Lipinski definition) is 6. The Labute approximate surface area is 205 Å². The Morgan fingerprint density at radius 2 is 2.03 bits per heavy atom. The molecule has 1 saturated heterocycles. The van der Waals surface area contributed by atoms with Crippen LogP contribution in [0.5, 0.6) is 0 Å². The molecular weight excluding hydrogens is 438 g/mol. The Morgan fingerprint density at radius 1 is 1.23 bits per heavy atom. The van der Waals surface area contributed by atoms with Crippen LogP contribution in [0.1, 0.15) is 28.3 Å². The number of aromatic nitrogens is 2. The minimum atomic E-state index is -0.391. The minimum absolute atomic E-state index is 0.0634. The molecule has 3 heterocycles. The van der Waals surface area contributed by atoms with Crippen molar-refractivity contribution in [2.75, 3.05) is 24.2 Å². The summed E-state index contributed by atoms with van der Waals surface area (Å²) in [7, 11) is 1.98. The third kappa shape index (κ3) is 5.31. The van der Waals surface area contributed by atoms with E-state index >= 15 is 0 Å². The van der Waals surface area contributed by atoms with E-state index in [0.29, 0.717) is 17.1 Å². The van der Waals surface area contributed by atoms with Crippen LogP contribution >= 0.6 is 0 Å². The number of nitrogens with zero attached hydrogens (tertiary/aromatic N) is 3. The van der Waals surface area contributed by atoms with E-state index in [1.807, 2.05) is 38.2 Å². The second kappa shape index (κ2) is 10.4. The summed E-state index contributed by atoms with van der Waals surface area (Å²) in [4.78, 5) is 23.6. The van der Waals surface area contributed by atoms with Crippen LogP contribution in [0.4, 0.5) is 22.0 Å². The molecule has 0 spiro atoms. The number of urea groups is 1. The number of benzene rings is 1. The van der Waals surface area contributed by atoms with Gasteiger partial charge in [0.1, 0.15) is 5.82 Å². The summed E-state index contributed by atoms with van der Waals surface area (Å²) in [6, 6.07) is 12.7. The average Bonchev–Trinajstić information content (AvgIpc) is 3.14. The number of likely N-dealkylation sites (N-methyl/N-ethyl adjacent to an activating group) is 1. The number of hydrogen-bond donors (Lipinski definition) is 4. The van der Waals surface area contributed by atoms with Gasteiger partial charge in [0, 0.05) is 41.8 Å².